The average Bonchev–Trinajstić information content (AvgIpc) is 2.37. The first kappa shape index (κ1) is 17.7. The van der Waals surface area contributed by atoms with Gasteiger partial charge in [0.2, 0.25) is 0 Å². The van der Waals surface area contributed by atoms with E-state index in [-0.39, 0.29) is 10.6 Å². The zero-order valence-corrected chi connectivity index (χ0v) is 14.6. The molecule has 0 aliphatic rings. The van der Waals surface area contributed by atoms with Crippen LogP contribution in [-0.2, 0) is 4.43 Å². The first-order valence-electron chi connectivity index (χ1n) is 7.23. The summed E-state index contributed by atoms with van der Waals surface area (Å²) in [7, 11) is -1.69. The van der Waals surface area contributed by atoms with Crippen molar-refractivity contribution in [2.75, 3.05) is 13.2 Å². The molecule has 0 fully saturated rings. The normalized spacial score (nSPS) is 12.2. The Morgan fingerprint density at radius 3 is 2.48 bits per heavy atom. The number of carboxylic acid groups (broad SMARTS) is 1. The summed E-state index contributed by atoms with van der Waals surface area (Å²) >= 11 is 0. The Kier molecular flexibility index (Phi) is 5.98. The standard InChI is InChI=1S/C16H26O4Si/c1-16(2,3)21(4,5)20-11-7-10-19-14-9-6-8-13(12-14)15(17)18/h6,8-9,12H,7,10-11H2,1-5H3,(H,17,18). The minimum Gasteiger partial charge on any atom is -0.493 e. The van der Waals surface area contributed by atoms with Crippen molar-refractivity contribution in [3.63, 3.8) is 0 Å². The molecule has 0 saturated heterocycles. The lowest BCUT2D eigenvalue weighted by Gasteiger charge is -2.36. The highest BCUT2D eigenvalue weighted by atomic mass is 28.4. The first-order chi connectivity index (χ1) is 9.63. The van der Waals surface area contributed by atoms with Crippen LogP contribution < -0.4 is 4.74 Å². The lowest BCUT2D eigenvalue weighted by Crippen LogP contribution is -2.41. The van der Waals surface area contributed by atoms with Crippen molar-refractivity contribution in [3.8, 4) is 5.75 Å². The third-order valence-corrected chi connectivity index (χ3v) is 8.45. The molecule has 0 unspecified atom stereocenters. The maximum atomic E-state index is 10.9. The first-order valence-corrected chi connectivity index (χ1v) is 10.1. The molecule has 21 heavy (non-hydrogen) atoms. The molecule has 1 rings (SSSR count). The Bertz CT molecular complexity index is 477. The van der Waals surface area contributed by atoms with Crippen molar-refractivity contribution < 1.29 is 19.1 Å². The van der Waals surface area contributed by atoms with Crippen LogP contribution in [0.25, 0.3) is 0 Å². The quantitative estimate of drug-likeness (QED) is 0.606. The fraction of sp³-hybridized carbons (Fsp3) is 0.562. The summed E-state index contributed by atoms with van der Waals surface area (Å²) < 4.78 is 11.6. The van der Waals surface area contributed by atoms with Gasteiger partial charge in [-0.05, 0) is 36.3 Å². The maximum absolute atomic E-state index is 10.9. The predicted octanol–water partition coefficient (Wildman–Crippen LogP) is 4.18. The van der Waals surface area contributed by atoms with Crippen LogP contribution in [-0.4, -0.2) is 32.6 Å². The molecule has 0 atom stereocenters. The average molecular weight is 310 g/mol. The lowest BCUT2D eigenvalue weighted by molar-refractivity contribution is 0.0696. The number of hydrogen-bond donors (Lipinski definition) is 1. The number of carboxylic acids is 1. The summed E-state index contributed by atoms with van der Waals surface area (Å²) in [6, 6.07) is 6.54. The van der Waals surface area contributed by atoms with E-state index in [9.17, 15) is 4.79 Å². The van der Waals surface area contributed by atoms with Crippen molar-refractivity contribution in [2.24, 2.45) is 0 Å². The van der Waals surface area contributed by atoms with E-state index in [4.69, 9.17) is 14.3 Å². The van der Waals surface area contributed by atoms with Gasteiger partial charge in [0.15, 0.2) is 8.32 Å². The Labute approximate surface area is 128 Å². The molecule has 0 aromatic heterocycles. The minimum absolute atomic E-state index is 0.212. The number of rotatable bonds is 7. The fourth-order valence-electron chi connectivity index (χ4n) is 1.51. The van der Waals surface area contributed by atoms with Crippen LogP contribution in [0.4, 0.5) is 0 Å². The molecule has 0 aliphatic carbocycles. The zero-order chi connectivity index (χ0) is 16.1. The molecule has 1 aromatic rings. The Morgan fingerprint density at radius 2 is 1.90 bits per heavy atom. The van der Waals surface area contributed by atoms with Gasteiger partial charge in [-0.1, -0.05) is 26.8 Å². The van der Waals surface area contributed by atoms with Crippen molar-refractivity contribution in [1.29, 1.82) is 0 Å². The van der Waals surface area contributed by atoms with Crippen LogP contribution in [0.2, 0.25) is 18.1 Å². The number of ether oxygens (including phenoxy) is 1. The largest absolute Gasteiger partial charge is 0.493 e. The van der Waals surface area contributed by atoms with Crippen LogP contribution in [0.1, 0.15) is 37.6 Å². The van der Waals surface area contributed by atoms with Gasteiger partial charge in [-0.2, -0.15) is 0 Å². The van der Waals surface area contributed by atoms with Gasteiger partial charge in [0.25, 0.3) is 0 Å². The van der Waals surface area contributed by atoms with Gasteiger partial charge < -0.3 is 14.3 Å². The van der Waals surface area contributed by atoms with Crippen LogP contribution in [0.3, 0.4) is 0 Å². The number of benzene rings is 1. The monoisotopic (exact) mass is 310 g/mol. The highest BCUT2D eigenvalue weighted by molar-refractivity contribution is 6.74. The molecule has 0 heterocycles. The molecule has 1 N–H and O–H groups in total. The van der Waals surface area contributed by atoms with E-state index in [0.717, 1.165) is 6.42 Å². The van der Waals surface area contributed by atoms with E-state index in [2.05, 4.69) is 33.9 Å². The second-order valence-corrected chi connectivity index (χ2v) is 11.5. The SMILES string of the molecule is CC(C)(C)[Si](C)(C)OCCCOc1cccc(C(=O)O)c1. The summed E-state index contributed by atoms with van der Waals surface area (Å²) in [6.45, 7) is 12.3. The third-order valence-electron chi connectivity index (χ3n) is 3.91. The van der Waals surface area contributed by atoms with E-state index >= 15 is 0 Å². The van der Waals surface area contributed by atoms with Crippen LogP contribution in [0, 0.1) is 0 Å². The molecule has 0 saturated carbocycles. The second kappa shape index (κ2) is 7.09. The Hall–Kier alpha value is -1.33. The molecule has 0 bridgehead atoms. The van der Waals surface area contributed by atoms with Crippen LogP contribution in [0.15, 0.2) is 24.3 Å². The highest BCUT2D eigenvalue weighted by Crippen LogP contribution is 2.36. The van der Waals surface area contributed by atoms with E-state index in [1.807, 2.05) is 0 Å². The van der Waals surface area contributed by atoms with Gasteiger partial charge >= 0.3 is 5.97 Å². The molecule has 0 spiro atoms. The maximum Gasteiger partial charge on any atom is 0.335 e. The molecule has 0 aliphatic heterocycles. The van der Waals surface area contributed by atoms with E-state index < -0.39 is 14.3 Å². The molecule has 1 aromatic carbocycles. The summed E-state index contributed by atoms with van der Waals surface area (Å²) in [5.74, 6) is -0.357. The van der Waals surface area contributed by atoms with Crippen LogP contribution in [0.5, 0.6) is 5.75 Å². The zero-order valence-electron chi connectivity index (χ0n) is 13.6. The molecule has 118 valence electrons. The van der Waals surface area contributed by atoms with Gasteiger partial charge in [-0.3, -0.25) is 0 Å². The molecule has 0 amide bonds. The lowest BCUT2D eigenvalue weighted by atomic mass is 10.2. The third kappa shape index (κ3) is 5.51. The fourth-order valence-corrected chi connectivity index (χ4v) is 2.60. The molecule has 0 radical (unpaired) electrons. The molecular weight excluding hydrogens is 284 g/mol. The predicted molar refractivity (Wildman–Crippen MR) is 86.7 cm³/mol. The van der Waals surface area contributed by atoms with Crippen molar-refractivity contribution in [3.05, 3.63) is 29.8 Å². The van der Waals surface area contributed by atoms with Crippen molar-refractivity contribution in [1.82, 2.24) is 0 Å². The summed E-state index contributed by atoms with van der Waals surface area (Å²) in [4.78, 5) is 10.9. The molecule has 5 heteroatoms. The van der Waals surface area contributed by atoms with Gasteiger partial charge in [-0.15, -0.1) is 0 Å². The molecular formula is C16H26O4Si. The van der Waals surface area contributed by atoms with Crippen molar-refractivity contribution in [2.45, 2.75) is 45.3 Å². The second-order valence-electron chi connectivity index (χ2n) is 6.64. The summed E-state index contributed by atoms with van der Waals surface area (Å²) in [5, 5.41) is 9.13. The number of hydrogen-bond acceptors (Lipinski definition) is 3. The van der Waals surface area contributed by atoms with E-state index in [0.29, 0.717) is 19.0 Å². The van der Waals surface area contributed by atoms with E-state index in [1.165, 1.54) is 6.07 Å². The summed E-state index contributed by atoms with van der Waals surface area (Å²) in [5.41, 5.74) is 0.241. The van der Waals surface area contributed by atoms with Gasteiger partial charge in [-0.25, -0.2) is 4.79 Å². The van der Waals surface area contributed by atoms with Gasteiger partial charge in [0.1, 0.15) is 5.75 Å². The van der Waals surface area contributed by atoms with Crippen LogP contribution >= 0.6 is 0 Å². The number of aromatic carboxylic acids is 1. The van der Waals surface area contributed by atoms with Crippen molar-refractivity contribution >= 4 is 14.3 Å². The Balaban J connectivity index is 2.35. The minimum atomic E-state index is -1.69. The van der Waals surface area contributed by atoms with E-state index in [1.54, 1.807) is 18.2 Å². The Morgan fingerprint density at radius 1 is 1.24 bits per heavy atom. The smallest absolute Gasteiger partial charge is 0.335 e. The topological polar surface area (TPSA) is 55.8 Å². The van der Waals surface area contributed by atoms with Gasteiger partial charge in [0.05, 0.1) is 12.2 Å². The molecule has 4 nitrogen and oxygen atoms in total. The summed E-state index contributed by atoms with van der Waals surface area (Å²) in [6.07, 6.45) is 0.795. The van der Waals surface area contributed by atoms with Gasteiger partial charge in [0, 0.05) is 13.0 Å². The number of carbonyl (C=O) groups is 1. The highest BCUT2D eigenvalue weighted by Gasteiger charge is 2.36.